The van der Waals surface area contributed by atoms with Gasteiger partial charge >= 0.3 is 5.97 Å². The number of carboxylic acids is 1. The molecule has 0 fully saturated rings. The first kappa shape index (κ1) is 11.7. The number of hydrogen-bond acceptors (Lipinski definition) is 3. The van der Waals surface area contributed by atoms with Gasteiger partial charge in [-0.3, -0.25) is 9.59 Å². The van der Waals surface area contributed by atoms with Gasteiger partial charge in [-0.25, -0.2) is 0 Å². The van der Waals surface area contributed by atoms with E-state index in [1.165, 1.54) is 0 Å². The van der Waals surface area contributed by atoms with Crippen molar-refractivity contribution in [1.29, 1.82) is 0 Å². The average Bonchev–Trinajstić information content (AvgIpc) is 2.54. The monoisotopic (exact) mass is 236 g/mol. The highest BCUT2D eigenvalue weighted by Crippen LogP contribution is 2.29. The minimum absolute atomic E-state index is 0.133. The Labute approximate surface area is 99.1 Å². The lowest BCUT2D eigenvalue weighted by Gasteiger charge is -2.22. The first-order chi connectivity index (χ1) is 7.92. The highest BCUT2D eigenvalue weighted by molar-refractivity contribution is 5.72. The predicted octanol–water partition coefficient (Wildman–Crippen LogP) is 1.03. The van der Waals surface area contributed by atoms with Crippen molar-refractivity contribution in [2.75, 3.05) is 11.9 Å². The average molecular weight is 236 g/mol. The Morgan fingerprint density at radius 1 is 1.53 bits per heavy atom. The highest BCUT2D eigenvalue weighted by Gasteiger charge is 2.30. The van der Waals surface area contributed by atoms with Crippen LogP contribution in [0, 0.1) is 0 Å². The second-order valence-corrected chi connectivity index (χ2v) is 4.94. The van der Waals surface area contributed by atoms with E-state index in [9.17, 15) is 9.59 Å². The third-order valence-electron chi connectivity index (χ3n) is 3.19. The molecule has 1 aliphatic heterocycles. The Morgan fingerprint density at radius 2 is 2.24 bits per heavy atom. The molecule has 5 heteroatoms. The molecule has 2 rings (SSSR count). The molecule has 1 aromatic rings. The lowest BCUT2D eigenvalue weighted by atomic mass is 10.0. The van der Waals surface area contributed by atoms with E-state index in [0.29, 0.717) is 5.69 Å². The van der Waals surface area contributed by atoms with Crippen molar-refractivity contribution in [2.24, 2.45) is 0 Å². The van der Waals surface area contributed by atoms with Gasteiger partial charge in [-0.2, -0.15) is 0 Å². The smallest absolute Gasteiger partial charge is 0.322 e. The SMILES string of the molecule is CC1(C)CCc2ccc(NCC(=O)O)c(=O)n21. The number of carboxylic acid groups (broad SMARTS) is 1. The number of aliphatic carboxylic acids is 1. The van der Waals surface area contributed by atoms with Crippen LogP contribution in [0.5, 0.6) is 0 Å². The Hall–Kier alpha value is -1.78. The number of rotatable bonds is 3. The van der Waals surface area contributed by atoms with Gasteiger partial charge < -0.3 is 15.0 Å². The molecule has 0 saturated heterocycles. The number of aromatic nitrogens is 1. The van der Waals surface area contributed by atoms with Crippen molar-refractivity contribution in [3.63, 3.8) is 0 Å². The van der Waals surface area contributed by atoms with Gasteiger partial charge in [0.25, 0.3) is 5.56 Å². The topological polar surface area (TPSA) is 71.3 Å². The number of carbonyl (C=O) groups is 1. The fourth-order valence-corrected chi connectivity index (χ4v) is 2.29. The van der Waals surface area contributed by atoms with E-state index in [-0.39, 0.29) is 17.6 Å². The van der Waals surface area contributed by atoms with Crippen LogP contribution in [-0.4, -0.2) is 22.2 Å². The molecule has 0 amide bonds. The van der Waals surface area contributed by atoms with Gasteiger partial charge in [0.05, 0.1) is 0 Å². The molecule has 5 nitrogen and oxygen atoms in total. The zero-order valence-electron chi connectivity index (χ0n) is 9.99. The zero-order chi connectivity index (χ0) is 12.6. The van der Waals surface area contributed by atoms with Crippen LogP contribution >= 0.6 is 0 Å². The normalized spacial score (nSPS) is 16.6. The van der Waals surface area contributed by atoms with Crippen LogP contribution in [0.2, 0.25) is 0 Å². The third-order valence-corrected chi connectivity index (χ3v) is 3.19. The lowest BCUT2D eigenvalue weighted by Crippen LogP contribution is -2.35. The molecule has 0 spiro atoms. The molecule has 0 aliphatic carbocycles. The fraction of sp³-hybridized carbons (Fsp3) is 0.500. The van der Waals surface area contributed by atoms with E-state index in [0.717, 1.165) is 18.5 Å². The lowest BCUT2D eigenvalue weighted by molar-refractivity contribution is -0.134. The number of pyridine rings is 1. The summed E-state index contributed by atoms with van der Waals surface area (Å²) in [7, 11) is 0. The largest absolute Gasteiger partial charge is 0.480 e. The summed E-state index contributed by atoms with van der Waals surface area (Å²) in [5.41, 5.74) is 1.05. The summed E-state index contributed by atoms with van der Waals surface area (Å²) < 4.78 is 1.76. The summed E-state index contributed by atoms with van der Waals surface area (Å²) in [4.78, 5) is 22.7. The quantitative estimate of drug-likeness (QED) is 0.822. The van der Waals surface area contributed by atoms with Crippen molar-refractivity contribution in [3.05, 3.63) is 28.2 Å². The summed E-state index contributed by atoms with van der Waals surface area (Å²) in [5.74, 6) is -0.978. The zero-order valence-corrected chi connectivity index (χ0v) is 9.99. The van der Waals surface area contributed by atoms with E-state index in [1.807, 2.05) is 19.9 Å². The molecule has 2 heterocycles. The Kier molecular flexibility index (Phi) is 2.69. The first-order valence-electron chi connectivity index (χ1n) is 5.63. The molecular formula is C12H16N2O3. The van der Waals surface area contributed by atoms with E-state index in [2.05, 4.69) is 5.32 Å². The minimum atomic E-state index is -0.978. The van der Waals surface area contributed by atoms with Crippen molar-refractivity contribution in [1.82, 2.24) is 4.57 Å². The second kappa shape index (κ2) is 3.91. The Balaban J connectivity index is 2.40. The molecule has 17 heavy (non-hydrogen) atoms. The second-order valence-electron chi connectivity index (χ2n) is 4.94. The van der Waals surface area contributed by atoms with Crippen LogP contribution in [-0.2, 0) is 16.8 Å². The molecule has 0 bridgehead atoms. The maximum absolute atomic E-state index is 12.2. The third kappa shape index (κ3) is 2.05. The Morgan fingerprint density at radius 3 is 2.88 bits per heavy atom. The van der Waals surface area contributed by atoms with Gasteiger partial charge in [-0.15, -0.1) is 0 Å². The standard InChI is InChI=1S/C12H16N2O3/c1-12(2)6-5-8-3-4-9(11(17)14(8)12)13-7-10(15)16/h3-4,13H,5-7H2,1-2H3,(H,15,16). The molecule has 92 valence electrons. The van der Waals surface area contributed by atoms with E-state index in [1.54, 1.807) is 10.6 Å². The molecule has 0 unspecified atom stereocenters. The predicted molar refractivity (Wildman–Crippen MR) is 64.5 cm³/mol. The van der Waals surface area contributed by atoms with Gasteiger partial charge in [0.15, 0.2) is 0 Å². The number of nitrogens with zero attached hydrogens (tertiary/aromatic N) is 1. The Bertz CT molecular complexity index is 517. The first-order valence-corrected chi connectivity index (χ1v) is 5.63. The van der Waals surface area contributed by atoms with E-state index >= 15 is 0 Å². The molecule has 2 N–H and O–H groups in total. The molecular weight excluding hydrogens is 220 g/mol. The van der Waals surface area contributed by atoms with Crippen LogP contribution < -0.4 is 10.9 Å². The maximum atomic E-state index is 12.2. The molecule has 0 atom stereocenters. The number of aryl methyl sites for hydroxylation is 1. The summed E-state index contributed by atoms with van der Waals surface area (Å²) >= 11 is 0. The van der Waals surface area contributed by atoms with Crippen LogP contribution in [0.25, 0.3) is 0 Å². The van der Waals surface area contributed by atoms with Crippen molar-refractivity contribution in [2.45, 2.75) is 32.2 Å². The van der Waals surface area contributed by atoms with Crippen LogP contribution in [0.15, 0.2) is 16.9 Å². The summed E-state index contributed by atoms with van der Waals surface area (Å²) in [6.45, 7) is 3.80. The molecule has 0 saturated carbocycles. The van der Waals surface area contributed by atoms with Crippen molar-refractivity contribution < 1.29 is 9.90 Å². The van der Waals surface area contributed by atoms with Gasteiger partial charge in [0, 0.05) is 11.2 Å². The van der Waals surface area contributed by atoms with Crippen LogP contribution in [0.4, 0.5) is 5.69 Å². The maximum Gasteiger partial charge on any atom is 0.322 e. The van der Waals surface area contributed by atoms with Crippen molar-refractivity contribution in [3.8, 4) is 0 Å². The molecule has 1 aromatic heterocycles. The van der Waals surface area contributed by atoms with Crippen LogP contribution in [0.1, 0.15) is 26.0 Å². The van der Waals surface area contributed by atoms with Crippen LogP contribution in [0.3, 0.4) is 0 Å². The van der Waals surface area contributed by atoms with Gasteiger partial charge in [0.1, 0.15) is 12.2 Å². The van der Waals surface area contributed by atoms with Gasteiger partial charge in [-0.05, 0) is 38.8 Å². The molecule has 0 radical (unpaired) electrons. The summed E-state index contributed by atoms with van der Waals surface area (Å²) in [5, 5.41) is 11.2. The van der Waals surface area contributed by atoms with Crippen molar-refractivity contribution >= 4 is 11.7 Å². The number of nitrogens with one attached hydrogen (secondary N) is 1. The summed E-state index contributed by atoms with van der Waals surface area (Å²) in [6.07, 6.45) is 1.83. The number of fused-ring (bicyclic) bond motifs is 1. The fourth-order valence-electron chi connectivity index (χ4n) is 2.29. The van der Waals surface area contributed by atoms with Gasteiger partial charge in [0.2, 0.25) is 0 Å². The highest BCUT2D eigenvalue weighted by atomic mass is 16.4. The minimum Gasteiger partial charge on any atom is -0.480 e. The molecule has 1 aliphatic rings. The van der Waals surface area contributed by atoms with Gasteiger partial charge in [-0.1, -0.05) is 0 Å². The summed E-state index contributed by atoms with van der Waals surface area (Å²) in [6, 6.07) is 3.55. The van der Waals surface area contributed by atoms with E-state index in [4.69, 9.17) is 5.11 Å². The molecule has 0 aromatic carbocycles. The van der Waals surface area contributed by atoms with E-state index < -0.39 is 5.97 Å². The number of anilines is 1. The number of hydrogen-bond donors (Lipinski definition) is 2.